The molecule has 166 valence electrons. The maximum Gasteiger partial charge on any atom is 0.322 e. The minimum Gasteiger partial charge on any atom is -0.457 e. The number of nitrogens with one attached hydrogen (secondary N) is 1. The molecule has 3 amide bonds. The summed E-state index contributed by atoms with van der Waals surface area (Å²) in [5, 5.41) is 3.03. The number of carbonyl (C=O) groups excluding carboxylic acids is 2. The van der Waals surface area contributed by atoms with E-state index in [-0.39, 0.29) is 18.0 Å². The van der Waals surface area contributed by atoms with Crippen LogP contribution in [0.15, 0.2) is 78.5 Å². The number of urea groups is 1. The van der Waals surface area contributed by atoms with Crippen LogP contribution < -0.4 is 10.1 Å². The van der Waals surface area contributed by atoms with E-state index in [1.54, 1.807) is 11.0 Å². The van der Waals surface area contributed by atoms with Gasteiger partial charge in [-0.3, -0.25) is 9.69 Å². The summed E-state index contributed by atoms with van der Waals surface area (Å²) in [5.74, 6) is 1.65. The second kappa shape index (κ2) is 8.91. The molecule has 0 radical (unpaired) electrons. The maximum atomic E-state index is 13.5. The van der Waals surface area contributed by atoms with Crippen LogP contribution in [0.25, 0.3) is 0 Å². The van der Waals surface area contributed by atoms with E-state index in [0.717, 1.165) is 17.0 Å². The third kappa shape index (κ3) is 4.00. The first-order valence-electron chi connectivity index (χ1n) is 11.0. The Morgan fingerprint density at radius 1 is 1.09 bits per heavy atom. The smallest absolute Gasteiger partial charge is 0.322 e. The maximum absolute atomic E-state index is 13.5. The van der Waals surface area contributed by atoms with Crippen molar-refractivity contribution in [2.45, 2.75) is 32.9 Å². The monoisotopic (exact) mass is 431 g/mol. The van der Waals surface area contributed by atoms with Crippen LogP contribution in [0, 0.1) is 5.92 Å². The van der Waals surface area contributed by atoms with E-state index in [1.165, 1.54) is 0 Å². The lowest BCUT2D eigenvalue weighted by molar-refractivity contribution is -0.128. The van der Waals surface area contributed by atoms with Crippen LogP contribution in [-0.4, -0.2) is 40.9 Å². The van der Waals surface area contributed by atoms with E-state index in [0.29, 0.717) is 30.3 Å². The molecule has 0 aliphatic carbocycles. The van der Waals surface area contributed by atoms with Gasteiger partial charge in [0, 0.05) is 12.6 Å². The fourth-order valence-corrected chi connectivity index (χ4v) is 4.16. The molecule has 32 heavy (non-hydrogen) atoms. The molecule has 2 aromatic carbocycles. The summed E-state index contributed by atoms with van der Waals surface area (Å²) in [4.78, 5) is 30.0. The van der Waals surface area contributed by atoms with E-state index < -0.39 is 6.04 Å². The van der Waals surface area contributed by atoms with Gasteiger partial charge in [-0.2, -0.15) is 0 Å². The van der Waals surface area contributed by atoms with Crippen molar-refractivity contribution in [2.24, 2.45) is 5.92 Å². The first-order valence-corrected chi connectivity index (χ1v) is 11.0. The number of ether oxygens (including phenoxy) is 1. The molecule has 0 bridgehead atoms. The minimum absolute atomic E-state index is 0.0327. The molecule has 6 heteroatoms. The van der Waals surface area contributed by atoms with Crippen molar-refractivity contribution in [3.63, 3.8) is 0 Å². The van der Waals surface area contributed by atoms with Crippen LogP contribution in [0.1, 0.15) is 32.4 Å². The Balaban J connectivity index is 1.71. The lowest BCUT2D eigenvalue weighted by Gasteiger charge is -2.33. The lowest BCUT2D eigenvalue weighted by Crippen LogP contribution is -2.47. The van der Waals surface area contributed by atoms with Crippen LogP contribution >= 0.6 is 0 Å². The Morgan fingerprint density at radius 2 is 1.81 bits per heavy atom. The molecule has 0 fully saturated rings. The molecular weight excluding hydrogens is 402 g/mol. The standard InChI is InChI=1S/C26H29N3O3/c1-5-14-28-22-16-29(18(4)17(2)3)25(30)23(22)24(27-26(28)31)19-10-9-13-21(15-19)32-20-11-7-6-8-12-20/h5-13,15,17-18,24H,1,14,16H2,2-4H3,(H,27,31). The van der Waals surface area contributed by atoms with Gasteiger partial charge in [-0.05, 0) is 42.7 Å². The summed E-state index contributed by atoms with van der Waals surface area (Å²) in [6.07, 6.45) is 1.68. The Labute approximate surface area is 189 Å². The number of rotatable bonds is 7. The van der Waals surface area contributed by atoms with E-state index in [4.69, 9.17) is 4.74 Å². The highest BCUT2D eigenvalue weighted by Crippen LogP contribution is 2.38. The number of hydrogen-bond acceptors (Lipinski definition) is 3. The number of nitrogens with zero attached hydrogens (tertiary/aromatic N) is 2. The van der Waals surface area contributed by atoms with Crippen molar-refractivity contribution in [3.8, 4) is 11.5 Å². The Bertz CT molecular complexity index is 1060. The normalized spacial score (nSPS) is 19.2. The topological polar surface area (TPSA) is 61.9 Å². The highest BCUT2D eigenvalue weighted by Gasteiger charge is 2.45. The molecule has 2 heterocycles. The molecule has 2 aromatic rings. The third-order valence-corrected chi connectivity index (χ3v) is 6.19. The van der Waals surface area contributed by atoms with Crippen molar-refractivity contribution < 1.29 is 14.3 Å². The zero-order valence-corrected chi connectivity index (χ0v) is 18.7. The van der Waals surface area contributed by atoms with Crippen molar-refractivity contribution >= 4 is 11.9 Å². The number of para-hydroxylation sites is 1. The van der Waals surface area contributed by atoms with Gasteiger partial charge in [0.15, 0.2) is 0 Å². The highest BCUT2D eigenvalue weighted by molar-refractivity contribution is 6.01. The fourth-order valence-electron chi connectivity index (χ4n) is 4.16. The molecule has 4 rings (SSSR count). The van der Waals surface area contributed by atoms with E-state index >= 15 is 0 Å². The van der Waals surface area contributed by atoms with E-state index in [2.05, 4.69) is 32.7 Å². The predicted octanol–water partition coefficient (Wildman–Crippen LogP) is 4.87. The van der Waals surface area contributed by atoms with Crippen LogP contribution in [0.4, 0.5) is 4.79 Å². The molecule has 0 saturated carbocycles. The number of carbonyl (C=O) groups is 2. The minimum atomic E-state index is -0.533. The number of benzene rings is 2. The van der Waals surface area contributed by atoms with Crippen LogP contribution in [0.5, 0.6) is 11.5 Å². The first kappa shape index (κ1) is 21.7. The number of hydrogen-bond donors (Lipinski definition) is 1. The summed E-state index contributed by atoms with van der Waals surface area (Å²) >= 11 is 0. The average Bonchev–Trinajstić information content (AvgIpc) is 3.13. The molecule has 0 saturated heterocycles. The lowest BCUT2D eigenvalue weighted by atomic mass is 9.95. The molecule has 2 unspecified atom stereocenters. The summed E-state index contributed by atoms with van der Waals surface area (Å²) < 4.78 is 5.98. The average molecular weight is 432 g/mol. The van der Waals surface area contributed by atoms with Gasteiger partial charge in [0.2, 0.25) is 0 Å². The van der Waals surface area contributed by atoms with Crippen molar-refractivity contribution in [1.29, 1.82) is 0 Å². The molecule has 1 N–H and O–H groups in total. The zero-order chi connectivity index (χ0) is 22.8. The Kier molecular flexibility index (Phi) is 6.04. The third-order valence-electron chi connectivity index (χ3n) is 6.19. The molecular formula is C26H29N3O3. The molecule has 2 aliphatic rings. The van der Waals surface area contributed by atoms with Gasteiger partial charge in [-0.15, -0.1) is 6.58 Å². The Hall–Kier alpha value is -3.54. The summed E-state index contributed by atoms with van der Waals surface area (Å²) in [7, 11) is 0. The molecule has 2 atom stereocenters. The Morgan fingerprint density at radius 3 is 2.50 bits per heavy atom. The molecule has 6 nitrogen and oxygen atoms in total. The van der Waals surface area contributed by atoms with Gasteiger partial charge in [-0.1, -0.05) is 50.3 Å². The van der Waals surface area contributed by atoms with Crippen molar-refractivity contribution in [1.82, 2.24) is 15.1 Å². The van der Waals surface area contributed by atoms with Gasteiger partial charge >= 0.3 is 6.03 Å². The second-order valence-corrected chi connectivity index (χ2v) is 8.55. The number of amides is 3. The highest BCUT2D eigenvalue weighted by atomic mass is 16.5. The van der Waals surface area contributed by atoms with Crippen molar-refractivity contribution in [3.05, 3.63) is 84.1 Å². The van der Waals surface area contributed by atoms with E-state index in [9.17, 15) is 9.59 Å². The summed E-state index contributed by atoms with van der Waals surface area (Å²) in [6.45, 7) is 10.8. The van der Waals surface area contributed by atoms with E-state index in [1.807, 2.05) is 59.5 Å². The van der Waals surface area contributed by atoms with Gasteiger partial charge in [0.25, 0.3) is 5.91 Å². The van der Waals surface area contributed by atoms with Gasteiger partial charge in [0.05, 0.1) is 23.9 Å². The quantitative estimate of drug-likeness (QED) is 0.636. The first-order chi connectivity index (χ1) is 15.4. The van der Waals surface area contributed by atoms with Crippen LogP contribution in [0.3, 0.4) is 0 Å². The predicted molar refractivity (Wildman–Crippen MR) is 124 cm³/mol. The summed E-state index contributed by atoms with van der Waals surface area (Å²) in [6, 6.07) is 16.4. The molecule has 0 aromatic heterocycles. The van der Waals surface area contributed by atoms with Crippen molar-refractivity contribution in [2.75, 3.05) is 13.1 Å². The van der Waals surface area contributed by atoms with Crippen LogP contribution in [-0.2, 0) is 4.79 Å². The largest absolute Gasteiger partial charge is 0.457 e. The SMILES string of the molecule is C=CCN1C(=O)NC(c2cccc(Oc3ccccc3)c2)C2=C1CN(C(C)C(C)C)C2=O. The molecule has 2 aliphatic heterocycles. The summed E-state index contributed by atoms with van der Waals surface area (Å²) in [5.41, 5.74) is 2.19. The van der Waals surface area contributed by atoms with Gasteiger partial charge < -0.3 is 15.0 Å². The zero-order valence-electron chi connectivity index (χ0n) is 18.7. The second-order valence-electron chi connectivity index (χ2n) is 8.55. The van der Waals surface area contributed by atoms with Gasteiger partial charge in [-0.25, -0.2) is 4.79 Å². The van der Waals surface area contributed by atoms with Crippen LogP contribution in [0.2, 0.25) is 0 Å². The fraction of sp³-hybridized carbons (Fsp3) is 0.308. The molecule has 0 spiro atoms. The van der Waals surface area contributed by atoms with Gasteiger partial charge in [0.1, 0.15) is 11.5 Å².